The molecule has 0 bridgehead atoms. The highest BCUT2D eigenvalue weighted by Crippen LogP contribution is 2.54. The Kier molecular flexibility index (Phi) is 5.58. The van der Waals surface area contributed by atoms with E-state index in [0.717, 1.165) is 31.7 Å². The number of benzene rings is 1. The molecule has 9 heteroatoms. The van der Waals surface area contributed by atoms with Crippen molar-refractivity contribution in [2.75, 3.05) is 19.6 Å². The molecule has 2 heterocycles. The normalized spacial score (nSPS) is 29.9. The number of hydrogen-bond acceptors (Lipinski definition) is 4. The Morgan fingerprint density at radius 1 is 1.26 bits per heavy atom. The standard InChI is InChI=1S/C25H30ClFN2O5/c1-24(23(33)34)6-3-2-4-15(24)22(32)29-9-5-14-16(26)10-17(27)21(31)20(14)18(29)12-28-13-25(7-8-25)11-19(28)30/h10,15,18,31H,2-9,11-13H2,1H3,(H,33,34)/t15-,18+,24-/m0/s1. The Labute approximate surface area is 202 Å². The minimum Gasteiger partial charge on any atom is -0.505 e. The first-order valence-electron chi connectivity index (χ1n) is 12.1. The maximum atomic E-state index is 14.6. The molecule has 1 aromatic carbocycles. The van der Waals surface area contributed by atoms with Crippen LogP contribution in [0.15, 0.2) is 6.07 Å². The summed E-state index contributed by atoms with van der Waals surface area (Å²) in [6.07, 6.45) is 5.13. The van der Waals surface area contributed by atoms with Gasteiger partial charge in [-0.2, -0.15) is 0 Å². The molecule has 1 spiro atoms. The number of phenolic OH excluding ortho intramolecular Hbond substituents is 1. The van der Waals surface area contributed by atoms with E-state index in [9.17, 15) is 29.0 Å². The van der Waals surface area contributed by atoms with Gasteiger partial charge in [-0.05, 0) is 56.1 Å². The number of nitrogens with zero attached hydrogens (tertiary/aromatic N) is 2. The van der Waals surface area contributed by atoms with Crippen LogP contribution in [0.3, 0.4) is 0 Å². The van der Waals surface area contributed by atoms with E-state index in [1.54, 1.807) is 16.7 Å². The molecule has 3 atom stereocenters. The summed E-state index contributed by atoms with van der Waals surface area (Å²) in [5.74, 6) is -3.47. The van der Waals surface area contributed by atoms with Gasteiger partial charge in [0.25, 0.3) is 0 Å². The minimum atomic E-state index is -1.19. The maximum absolute atomic E-state index is 14.6. The van der Waals surface area contributed by atoms with Gasteiger partial charge in [-0.15, -0.1) is 0 Å². The molecule has 5 rings (SSSR count). The zero-order valence-electron chi connectivity index (χ0n) is 19.3. The van der Waals surface area contributed by atoms with Crippen LogP contribution in [0.1, 0.15) is 69.0 Å². The fraction of sp³-hybridized carbons (Fsp3) is 0.640. The van der Waals surface area contributed by atoms with E-state index in [1.165, 1.54) is 0 Å². The first-order valence-corrected chi connectivity index (χ1v) is 12.5. The van der Waals surface area contributed by atoms with Crippen molar-refractivity contribution in [1.29, 1.82) is 0 Å². The second-order valence-corrected chi connectivity index (χ2v) is 11.3. The van der Waals surface area contributed by atoms with Gasteiger partial charge < -0.3 is 20.0 Å². The quantitative estimate of drug-likeness (QED) is 0.664. The fourth-order valence-corrected chi connectivity index (χ4v) is 6.62. The first kappa shape index (κ1) is 23.4. The van der Waals surface area contributed by atoms with Gasteiger partial charge in [-0.25, -0.2) is 4.39 Å². The molecule has 184 valence electrons. The van der Waals surface area contributed by atoms with Gasteiger partial charge in [0.2, 0.25) is 11.8 Å². The van der Waals surface area contributed by atoms with Crippen molar-refractivity contribution in [1.82, 2.24) is 9.80 Å². The fourth-order valence-electron chi connectivity index (χ4n) is 6.33. The van der Waals surface area contributed by atoms with Crippen LogP contribution in [0.5, 0.6) is 5.75 Å². The van der Waals surface area contributed by atoms with Gasteiger partial charge in [0.1, 0.15) is 0 Å². The van der Waals surface area contributed by atoms with Gasteiger partial charge in [0.15, 0.2) is 11.6 Å². The van der Waals surface area contributed by atoms with E-state index in [1.807, 2.05) is 0 Å². The number of halogens is 2. The average Bonchev–Trinajstić information content (AvgIpc) is 3.47. The lowest BCUT2D eigenvalue weighted by Crippen LogP contribution is -2.52. The lowest BCUT2D eigenvalue weighted by atomic mass is 9.66. The lowest BCUT2D eigenvalue weighted by molar-refractivity contribution is -0.162. The molecule has 1 saturated heterocycles. The zero-order chi connectivity index (χ0) is 24.4. The summed E-state index contributed by atoms with van der Waals surface area (Å²) in [5.41, 5.74) is -0.367. The van der Waals surface area contributed by atoms with Crippen LogP contribution in [-0.2, 0) is 20.8 Å². The van der Waals surface area contributed by atoms with Crippen molar-refractivity contribution in [3.8, 4) is 5.75 Å². The highest BCUT2D eigenvalue weighted by Gasteiger charge is 2.54. The second-order valence-electron chi connectivity index (χ2n) is 10.9. The number of phenols is 1. The Hall–Kier alpha value is -2.35. The van der Waals surface area contributed by atoms with E-state index >= 15 is 0 Å². The summed E-state index contributed by atoms with van der Waals surface area (Å²) >= 11 is 6.34. The van der Waals surface area contributed by atoms with Crippen LogP contribution < -0.4 is 0 Å². The summed E-state index contributed by atoms with van der Waals surface area (Å²) in [6, 6.07) is 0.287. The van der Waals surface area contributed by atoms with E-state index < -0.39 is 34.9 Å². The summed E-state index contributed by atoms with van der Waals surface area (Å²) in [7, 11) is 0. The smallest absolute Gasteiger partial charge is 0.310 e. The number of rotatable bonds is 4. The Balaban J connectivity index is 1.54. The van der Waals surface area contributed by atoms with E-state index in [-0.39, 0.29) is 40.9 Å². The topological polar surface area (TPSA) is 98.2 Å². The number of aliphatic carboxylic acids is 1. The molecule has 2 N–H and O–H groups in total. The molecule has 1 aromatic rings. The summed E-state index contributed by atoms with van der Waals surface area (Å²) < 4.78 is 14.6. The SMILES string of the molecule is C[C@]1(C(=O)O)CCCC[C@H]1C(=O)N1CCc2c(Cl)cc(F)c(O)c2[C@H]1CN1CC2(CC2)CC1=O. The lowest BCUT2D eigenvalue weighted by Gasteiger charge is -2.45. The van der Waals surface area contributed by atoms with Gasteiger partial charge in [-0.3, -0.25) is 14.4 Å². The first-order chi connectivity index (χ1) is 16.1. The van der Waals surface area contributed by atoms with Crippen molar-refractivity contribution >= 4 is 29.4 Å². The Morgan fingerprint density at radius 2 is 2.00 bits per heavy atom. The number of carbonyl (C=O) groups is 3. The van der Waals surface area contributed by atoms with Crippen molar-refractivity contribution < 1.29 is 29.0 Å². The van der Waals surface area contributed by atoms with Crippen LogP contribution in [0.2, 0.25) is 5.02 Å². The predicted octanol–water partition coefficient (Wildman–Crippen LogP) is 3.90. The Bertz CT molecular complexity index is 1070. The van der Waals surface area contributed by atoms with Gasteiger partial charge >= 0.3 is 5.97 Å². The third-order valence-electron chi connectivity index (χ3n) is 8.69. The molecule has 2 aliphatic heterocycles. The molecular formula is C25H30ClFN2O5. The largest absolute Gasteiger partial charge is 0.505 e. The van der Waals surface area contributed by atoms with Gasteiger partial charge in [0, 0.05) is 36.6 Å². The minimum absolute atomic E-state index is 0.00736. The van der Waals surface area contributed by atoms with Crippen LogP contribution in [0, 0.1) is 22.6 Å². The number of carboxylic acid groups (broad SMARTS) is 1. The van der Waals surface area contributed by atoms with Crippen molar-refractivity contribution in [3.05, 3.63) is 28.0 Å². The highest BCUT2D eigenvalue weighted by molar-refractivity contribution is 6.31. The van der Waals surface area contributed by atoms with Crippen molar-refractivity contribution in [2.24, 2.45) is 16.7 Å². The van der Waals surface area contributed by atoms with E-state index in [4.69, 9.17) is 11.6 Å². The number of carbonyl (C=O) groups excluding carboxylic acids is 2. The number of aromatic hydroxyl groups is 1. The molecule has 0 aromatic heterocycles. The van der Waals surface area contributed by atoms with Gasteiger partial charge in [0.05, 0.1) is 17.4 Å². The predicted molar refractivity (Wildman–Crippen MR) is 122 cm³/mol. The third kappa shape index (κ3) is 3.65. The number of likely N-dealkylation sites (tertiary alicyclic amines) is 1. The molecule has 34 heavy (non-hydrogen) atoms. The number of carboxylic acids is 1. The number of amides is 2. The maximum Gasteiger partial charge on any atom is 0.310 e. The molecule has 0 unspecified atom stereocenters. The molecular weight excluding hydrogens is 463 g/mol. The monoisotopic (exact) mass is 492 g/mol. The van der Waals surface area contributed by atoms with Crippen LogP contribution in [0.25, 0.3) is 0 Å². The van der Waals surface area contributed by atoms with Crippen LogP contribution in [0.4, 0.5) is 4.39 Å². The van der Waals surface area contributed by atoms with Crippen molar-refractivity contribution in [3.63, 3.8) is 0 Å². The molecule has 2 amide bonds. The molecule has 7 nitrogen and oxygen atoms in total. The van der Waals surface area contributed by atoms with E-state index in [0.29, 0.717) is 37.8 Å². The van der Waals surface area contributed by atoms with Gasteiger partial charge in [-0.1, -0.05) is 24.4 Å². The summed E-state index contributed by atoms with van der Waals surface area (Å²) in [6.45, 7) is 2.60. The molecule has 0 radical (unpaired) electrons. The summed E-state index contributed by atoms with van der Waals surface area (Å²) in [5, 5.41) is 20.9. The van der Waals surface area contributed by atoms with Crippen LogP contribution >= 0.6 is 11.6 Å². The number of hydrogen-bond donors (Lipinski definition) is 2. The average molecular weight is 493 g/mol. The molecule has 4 aliphatic rings. The summed E-state index contributed by atoms with van der Waals surface area (Å²) in [4.78, 5) is 42.2. The molecule has 3 fully saturated rings. The van der Waals surface area contributed by atoms with E-state index in [2.05, 4.69) is 0 Å². The number of fused-ring (bicyclic) bond motifs is 1. The van der Waals surface area contributed by atoms with Crippen LogP contribution in [-0.4, -0.2) is 57.4 Å². The second kappa shape index (κ2) is 8.11. The third-order valence-corrected chi connectivity index (χ3v) is 9.03. The zero-order valence-corrected chi connectivity index (χ0v) is 20.0. The highest BCUT2D eigenvalue weighted by atomic mass is 35.5. The molecule has 2 saturated carbocycles. The molecule has 2 aliphatic carbocycles. The van der Waals surface area contributed by atoms with Crippen molar-refractivity contribution in [2.45, 2.75) is 64.3 Å². The Morgan fingerprint density at radius 3 is 2.65 bits per heavy atom.